The number of hydrogen-bond donors (Lipinski definition) is 2. The lowest BCUT2D eigenvalue weighted by molar-refractivity contribution is -0.131. The SMILES string of the molecule is COc1nc(C)cnc1NS(=O)(=O)c1cnccc1-c1ccccc1/C=C/C(=O)O. The van der Waals surface area contributed by atoms with Gasteiger partial charge in [-0.25, -0.2) is 23.2 Å². The number of carboxylic acids is 1. The van der Waals surface area contributed by atoms with Gasteiger partial charge in [0.1, 0.15) is 4.90 Å². The molecule has 9 nitrogen and oxygen atoms in total. The van der Waals surface area contributed by atoms with Crippen molar-refractivity contribution in [1.29, 1.82) is 0 Å². The van der Waals surface area contributed by atoms with E-state index in [2.05, 4.69) is 19.7 Å². The second kappa shape index (κ2) is 8.70. The van der Waals surface area contributed by atoms with Crippen LogP contribution in [0.25, 0.3) is 17.2 Å². The lowest BCUT2D eigenvalue weighted by atomic mass is 10.0. The second-order valence-corrected chi connectivity index (χ2v) is 7.76. The molecule has 0 aliphatic heterocycles. The van der Waals surface area contributed by atoms with Crippen LogP contribution in [0.1, 0.15) is 11.3 Å². The summed E-state index contributed by atoms with van der Waals surface area (Å²) in [5.74, 6) is -1.13. The van der Waals surface area contributed by atoms with Gasteiger partial charge < -0.3 is 9.84 Å². The first-order valence-electron chi connectivity index (χ1n) is 8.66. The summed E-state index contributed by atoms with van der Waals surface area (Å²) in [5.41, 5.74) is 1.98. The fourth-order valence-electron chi connectivity index (χ4n) is 2.72. The van der Waals surface area contributed by atoms with Crippen molar-refractivity contribution in [2.75, 3.05) is 11.8 Å². The largest absolute Gasteiger partial charge is 0.478 e. The van der Waals surface area contributed by atoms with Gasteiger partial charge in [-0.2, -0.15) is 0 Å². The zero-order valence-electron chi connectivity index (χ0n) is 16.1. The molecule has 2 aromatic heterocycles. The van der Waals surface area contributed by atoms with Crippen molar-refractivity contribution in [2.45, 2.75) is 11.8 Å². The molecule has 0 aliphatic carbocycles. The maximum Gasteiger partial charge on any atom is 0.328 e. The standard InChI is InChI=1S/C20H18N4O5S/c1-13-11-22-19(20(23-13)29-2)24-30(27,28)17-12-21-10-9-16(17)15-6-4-3-5-14(15)7-8-18(25)26/h3-12H,1-2H3,(H,22,24)(H,25,26)/b8-7+. The molecule has 0 fully saturated rings. The normalized spacial score (nSPS) is 11.4. The molecule has 0 spiro atoms. The average molecular weight is 426 g/mol. The highest BCUT2D eigenvalue weighted by Crippen LogP contribution is 2.32. The summed E-state index contributed by atoms with van der Waals surface area (Å²) in [6.45, 7) is 1.70. The smallest absolute Gasteiger partial charge is 0.328 e. The molecule has 1 aromatic carbocycles. The first-order valence-corrected chi connectivity index (χ1v) is 10.1. The predicted molar refractivity (Wildman–Crippen MR) is 110 cm³/mol. The summed E-state index contributed by atoms with van der Waals surface area (Å²) in [6.07, 6.45) is 6.47. The highest BCUT2D eigenvalue weighted by molar-refractivity contribution is 7.92. The number of aromatic nitrogens is 3. The summed E-state index contributed by atoms with van der Waals surface area (Å²) in [4.78, 5) is 22.9. The number of nitrogens with one attached hydrogen (secondary N) is 1. The number of anilines is 1. The van der Waals surface area contributed by atoms with Crippen LogP contribution in [0.5, 0.6) is 5.88 Å². The maximum absolute atomic E-state index is 13.1. The van der Waals surface area contributed by atoms with Gasteiger partial charge in [-0.3, -0.25) is 9.71 Å². The van der Waals surface area contributed by atoms with Crippen molar-refractivity contribution in [2.24, 2.45) is 0 Å². The van der Waals surface area contributed by atoms with Crippen LogP contribution < -0.4 is 9.46 Å². The Morgan fingerprint density at radius 3 is 2.67 bits per heavy atom. The van der Waals surface area contributed by atoms with E-state index >= 15 is 0 Å². The molecule has 0 bridgehead atoms. The first kappa shape index (κ1) is 20.9. The molecule has 0 radical (unpaired) electrons. The number of nitrogens with zero attached hydrogens (tertiary/aromatic N) is 3. The van der Waals surface area contributed by atoms with Crippen LogP contribution in [0.4, 0.5) is 5.82 Å². The number of aliphatic carboxylic acids is 1. The molecule has 3 aromatic rings. The van der Waals surface area contributed by atoms with Crippen molar-refractivity contribution in [1.82, 2.24) is 15.0 Å². The number of aryl methyl sites for hydroxylation is 1. The third-order valence-electron chi connectivity index (χ3n) is 4.02. The molecule has 2 heterocycles. The van der Waals surface area contributed by atoms with Crippen LogP contribution in [0.15, 0.2) is 59.9 Å². The van der Waals surface area contributed by atoms with Crippen molar-refractivity contribution in [3.05, 3.63) is 66.3 Å². The lowest BCUT2D eigenvalue weighted by Gasteiger charge is -2.14. The monoisotopic (exact) mass is 426 g/mol. The van der Waals surface area contributed by atoms with Gasteiger partial charge in [0.05, 0.1) is 19.0 Å². The Bertz CT molecular complexity index is 1230. The molecule has 0 saturated heterocycles. The van der Waals surface area contributed by atoms with E-state index in [-0.39, 0.29) is 16.6 Å². The zero-order chi connectivity index (χ0) is 21.7. The van der Waals surface area contributed by atoms with Crippen LogP contribution in [-0.4, -0.2) is 41.6 Å². The molecule has 0 saturated carbocycles. The number of carbonyl (C=O) groups is 1. The number of methoxy groups -OCH3 is 1. The van der Waals surface area contributed by atoms with Gasteiger partial charge in [-0.15, -0.1) is 0 Å². The molecule has 0 atom stereocenters. The van der Waals surface area contributed by atoms with Crippen LogP contribution in [-0.2, 0) is 14.8 Å². The molecule has 3 rings (SSSR count). The van der Waals surface area contributed by atoms with E-state index in [1.807, 2.05) is 0 Å². The van der Waals surface area contributed by atoms with Gasteiger partial charge >= 0.3 is 5.97 Å². The van der Waals surface area contributed by atoms with Crippen molar-refractivity contribution < 1.29 is 23.1 Å². The van der Waals surface area contributed by atoms with E-state index in [0.29, 0.717) is 22.4 Å². The molecular formula is C20H18N4O5S. The van der Waals surface area contributed by atoms with Gasteiger partial charge in [0.15, 0.2) is 0 Å². The molecule has 0 aliphatic rings. The average Bonchev–Trinajstić information content (AvgIpc) is 2.73. The predicted octanol–water partition coefficient (Wildman–Crippen LogP) is 2.75. The third-order valence-corrected chi connectivity index (χ3v) is 5.38. The molecular weight excluding hydrogens is 408 g/mol. The zero-order valence-corrected chi connectivity index (χ0v) is 16.9. The Morgan fingerprint density at radius 1 is 1.17 bits per heavy atom. The Balaban J connectivity index is 2.10. The molecule has 0 amide bonds. The number of rotatable bonds is 7. The van der Waals surface area contributed by atoms with Crippen molar-refractivity contribution in [3.8, 4) is 17.0 Å². The van der Waals surface area contributed by atoms with Crippen molar-refractivity contribution in [3.63, 3.8) is 0 Å². The van der Waals surface area contributed by atoms with Crippen LogP contribution in [0, 0.1) is 6.92 Å². The molecule has 30 heavy (non-hydrogen) atoms. The van der Waals surface area contributed by atoms with E-state index in [4.69, 9.17) is 9.84 Å². The summed E-state index contributed by atoms with van der Waals surface area (Å²) >= 11 is 0. The Labute approximate surface area is 173 Å². The Kier molecular flexibility index (Phi) is 6.07. The fraction of sp³-hybridized carbons (Fsp3) is 0.100. The van der Waals surface area contributed by atoms with E-state index in [1.54, 1.807) is 37.3 Å². The molecule has 154 valence electrons. The summed E-state index contributed by atoms with van der Waals surface area (Å²) in [7, 11) is -2.76. The van der Waals surface area contributed by atoms with Gasteiger partial charge in [-0.05, 0) is 30.2 Å². The minimum absolute atomic E-state index is 0.0359. The van der Waals surface area contributed by atoms with E-state index in [1.165, 1.54) is 31.8 Å². The van der Waals surface area contributed by atoms with E-state index < -0.39 is 16.0 Å². The number of pyridine rings is 1. The summed E-state index contributed by atoms with van der Waals surface area (Å²) in [5, 5.41) is 8.93. The van der Waals surface area contributed by atoms with Crippen LogP contribution in [0.2, 0.25) is 0 Å². The van der Waals surface area contributed by atoms with Gasteiger partial charge in [0, 0.05) is 24.0 Å². The van der Waals surface area contributed by atoms with Gasteiger partial charge in [-0.1, -0.05) is 24.3 Å². The highest BCUT2D eigenvalue weighted by atomic mass is 32.2. The fourth-order valence-corrected chi connectivity index (χ4v) is 3.89. The lowest BCUT2D eigenvalue weighted by Crippen LogP contribution is -2.16. The van der Waals surface area contributed by atoms with E-state index in [9.17, 15) is 13.2 Å². The first-order chi connectivity index (χ1) is 14.3. The number of benzene rings is 1. The minimum Gasteiger partial charge on any atom is -0.478 e. The van der Waals surface area contributed by atoms with Crippen molar-refractivity contribution >= 4 is 27.9 Å². The summed E-state index contributed by atoms with van der Waals surface area (Å²) < 4.78 is 33.8. The Hall–Kier alpha value is -3.79. The Morgan fingerprint density at radius 2 is 1.93 bits per heavy atom. The van der Waals surface area contributed by atoms with Gasteiger partial charge in [0.2, 0.25) is 5.82 Å². The molecule has 0 unspecified atom stereocenters. The van der Waals surface area contributed by atoms with E-state index in [0.717, 1.165) is 6.08 Å². The number of ether oxygens (including phenoxy) is 1. The molecule has 2 N–H and O–H groups in total. The molecule has 10 heteroatoms. The minimum atomic E-state index is -4.12. The second-order valence-electron chi connectivity index (χ2n) is 6.11. The topological polar surface area (TPSA) is 131 Å². The maximum atomic E-state index is 13.1. The number of sulfonamides is 1. The van der Waals surface area contributed by atoms with Gasteiger partial charge in [0.25, 0.3) is 15.9 Å². The highest BCUT2D eigenvalue weighted by Gasteiger charge is 2.23. The van der Waals surface area contributed by atoms with Crippen LogP contribution >= 0.6 is 0 Å². The number of carboxylic acid groups (broad SMARTS) is 1. The summed E-state index contributed by atoms with van der Waals surface area (Å²) in [6, 6.07) is 8.38. The number of hydrogen-bond acceptors (Lipinski definition) is 7. The quantitative estimate of drug-likeness (QED) is 0.551. The third kappa shape index (κ3) is 4.61. The van der Waals surface area contributed by atoms with Crippen LogP contribution in [0.3, 0.4) is 0 Å².